The Labute approximate surface area is 124 Å². The van der Waals surface area contributed by atoms with Gasteiger partial charge in [-0.3, -0.25) is 4.79 Å². The van der Waals surface area contributed by atoms with Crippen LogP contribution < -0.4 is 11.1 Å². The van der Waals surface area contributed by atoms with Gasteiger partial charge in [-0.2, -0.15) is 0 Å². The van der Waals surface area contributed by atoms with Crippen LogP contribution >= 0.6 is 22.9 Å². The lowest BCUT2D eigenvalue weighted by Crippen LogP contribution is -2.15. The molecule has 0 aliphatic heterocycles. The monoisotopic (exact) mass is 310 g/mol. The first-order chi connectivity index (χ1) is 9.54. The molecule has 1 heterocycles. The number of nitrogens with one attached hydrogen (secondary N) is 1. The van der Waals surface area contributed by atoms with Crippen molar-refractivity contribution in [1.82, 2.24) is 0 Å². The summed E-state index contributed by atoms with van der Waals surface area (Å²) in [6, 6.07) is 6.40. The zero-order valence-electron chi connectivity index (χ0n) is 10.5. The summed E-state index contributed by atoms with van der Waals surface area (Å²) < 4.78 is 4.64. The average Bonchev–Trinajstić information content (AvgIpc) is 2.89. The van der Waals surface area contributed by atoms with Crippen molar-refractivity contribution >= 4 is 46.2 Å². The van der Waals surface area contributed by atoms with E-state index in [0.29, 0.717) is 15.6 Å². The lowest BCUT2D eigenvalue weighted by atomic mass is 10.1. The number of hydrogen-bond donors (Lipinski definition) is 2. The van der Waals surface area contributed by atoms with Gasteiger partial charge in [0.15, 0.2) is 0 Å². The van der Waals surface area contributed by atoms with E-state index >= 15 is 0 Å². The van der Waals surface area contributed by atoms with Crippen LogP contribution in [0.1, 0.15) is 20.0 Å². The van der Waals surface area contributed by atoms with Crippen molar-refractivity contribution in [2.45, 2.75) is 0 Å². The number of hydrogen-bond acceptors (Lipinski definition) is 5. The SMILES string of the molecule is COC(=O)c1sccc1NC(=O)c1cccc(Cl)c1N. The van der Waals surface area contributed by atoms with Gasteiger partial charge in [0.05, 0.1) is 29.1 Å². The first-order valence-electron chi connectivity index (χ1n) is 5.55. The molecule has 0 aliphatic carbocycles. The normalized spacial score (nSPS) is 10.1. The van der Waals surface area contributed by atoms with Crippen LogP contribution in [0.25, 0.3) is 0 Å². The predicted octanol–water partition coefficient (Wildman–Crippen LogP) is 3.02. The van der Waals surface area contributed by atoms with E-state index in [-0.39, 0.29) is 11.3 Å². The highest BCUT2D eigenvalue weighted by molar-refractivity contribution is 7.12. The summed E-state index contributed by atoms with van der Waals surface area (Å²) in [7, 11) is 1.28. The molecular weight excluding hydrogens is 300 g/mol. The zero-order chi connectivity index (χ0) is 14.7. The van der Waals surface area contributed by atoms with E-state index in [9.17, 15) is 9.59 Å². The van der Waals surface area contributed by atoms with Gasteiger partial charge in [-0.15, -0.1) is 11.3 Å². The maximum absolute atomic E-state index is 12.2. The molecule has 3 N–H and O–H groups in total. The second-order valence-corrected chi connectivity index (χ2v) is 5.13. The topological polar surface area (TPSA) is 81.4 Å². The molecule has 0 saturated carbocycles. The number of para-hydroxylation sites is 1. The molecule has 0 bridgehead atoms. The molecule has 0 saturated heterocycles. The fourth-order valence-electron chi connectivity index (χ4n) is 1.58. The molecular formula is C13H11ClN2O3S. The van der Waals surface area contributed by atoms with E-state index in [4.69, 9.17) is 17.3 Å². The van der Waals surface area contributed by atoms with E-state index in [0.717, 1.165) is 0 Å². The molecule has 1 amide bonds. The van der Waals surface area contributed by atoms with E-state index in [2.05, 4.69) is 10.1 Å². The number of ether oxygens (including phenoxy) is 1. The molecule has 2 aromatic rings. The summed E-state index contributed by atoms with van der Waals surface area (Å²) in [4.78, 5) is 24.0. The molecule has 0 aliphatic rings. The summed E-state index contributed by atoms with van der Waals surface area (Å²) in [5.74, 6) is -0.942. The zero-order valence-corrected chi connectivity index (χ0v) is 12.0. The van der Waals surface area contributed by atoms with E-state index in [1.807, 2.05) is 0 Å². The highest BCUT2D eigenvalue weighted by Gasteiger charge is 2.18. The third-order valence-electron chi connectivity index (χ3n) is 2.58. The van der Waals surface area contributed by atoms with Crippen LogP contribution in [0.3, 0.4) is 0 Å². The van der Waals surface area contributed by atoms with Gasteiger partial charge in [0.1, 0.15) is 4.88 Å². The van der Waals surface area contributed by atoms with E-state index in [1.54, 1.807) is 29.6 Å². The lowest BCUT2D eigenvalue weighted by molar-refractivity contribution is 0.0607. The van der Waals surface area contributed by atoms with Crippen LogP contribution in [-0.2, 0) is 4.74 Å². The van der Waals surface area contributed by atoms with Crippen molar-refractivity contribution in [1.29, 1.82) is 0 Å². The minimum Gasteiger partial charge on any atom is -0.465 e. The van der Waals surface area contributed by atoms with Crippen LogP contribution in [0.5, 0.6) is 0 Å². The van der Waals surface area contributed by atoms with Gasteiger partial charge in [-0.05, 0) is 23.6 Å². The number of carbonyl (C=O) groups excluding carboxylic acids is 2. The molecule has 0 spiro atoms. The summed E-state index contributed by atoms with van der Waals surface area (Å²) >= 11 is 7.05. The molecule has 0 atom stereocenters. The fourth-order valence-corrected chi connectivity index (χ4v) is 2.52. The molecule has 5 nitrogen and oxygen atoms in total. The van der Waals surface area contributed by atoms with Crippen molar-refractivity contribution < 1.29 is 14.3 Å². The lowest BCUT2D eigenvalue weighted by Gasteiger charge is -2.08. The van der Waals surface area contributed by atoms with Gasteiger partial charge in [-0.25, -0.2) is 4.79 Å². The van der Waals surface area contributed by atoms with Crippen LogP contribution in [0.15, 0.2) is 29.6 Å². The van der Waals surface area contributed by atoms with E-state index < -0.39 is 11.9 Å². The van der Waals surface area contributed by atoms with Gasteiger partial charge in [0.25, 0.3) is 5.91 Å². The largest absolute Gasteiger partial charge is 0.465 e. The number of esters is 1. The Morgan fingerprint density at radius 2 is 2.10 bits per heavy atom. The number of rotatable bonds is 3. The highest BCUT2D eigenvalue weighted by Crippen LogP contribution is 2.26. The average molecular weight is 311 g/mol. The maximum atomic E-state index is 12.2. The van der Waals surface area contributed by atoms with Gasteiger partial charge in [0.2, 0.25) is 0 Å². The van der Waals surface area contributed by atoms with Crippen molar-refractivity contribution in [3.63, 3.8) is 0 Å². The number of methoxy groups -OCH3 is 1. The van der Waals surface area contributed by atoms with Crippen LogP contribution in [0, 0.1) is 0 Å². The quantitative estimate of drug-likeness (QED) is 0.674. The molecule has 7 heteroatoms. The Morgan fingerprint density at radius 1 is 1.35 bits per heavy atom. The van der Waals surface area contributed by atoms with E-state index in [1.165, 1.54) is 18.4 Å². The number of benzene rings is 1. The number of thiophene rings is 1. The molecule has 0 unspecified atom stereocenters. The number of amides is 1. The number of nitrogens with two attached hydrogens (primary N) is 1. The number of nitrogen functional groups attached to an aromatic ring is 1. The van der Waals surface area contributed by atoms with Crippen LogP contribution in [-0.4, -0.2) is 19.0 Å². The minimum atomic E-state index is -0.505. The standard InChI is InChI=1S/C13H11ClN2O3S/c1-19-13(18)11-9(5-6-20-11)16-12(17)7-3-2-4-8(14)10(7)15/h2-6H,15H2,1H3,(H,16,17). The second-order valence-electron chi connectivity index (χ2n) is 3.81. The fraction of sp³-hybridized carbons (Fsp3) is 0.0769. The summed E-state index contributed by atoms with van der Waals surface area (Å²) in [6.45, 7) is 0. The van der Waals surface area contributed by atoms with Gasteiger partial charge in [0, 0.05) is 0 Å². The summed E-state index contributed by atoms with van der Waals surface area (Å²) in [5.41, 5.74) is 6.58. The third-order valence-corrected chi connectivity index (χ3v) is 3.81. The Hall–Kier alpha value is -2.05. The third kappa shape index (κ3) is 2.76. The second kappa shape index (κ2) is 5.94. The number of halogens is 1. The Balaban J connectivity index is 2.27. The Morgan fingerprint density at radius 3 is 2.80 bits per heavy atom. The molecule has 1 aromatic heterocycles. The van der Waals surface area contributed by atoms with Crippen molar-refractivity contribution in [2.75, 3.05) is 18.2 Å². The highest BCUT2D eigenvalue weighted by atomic mass is 35.5. The first-order valence-corrected chi connectivity index (χ1v) is 6.81. The summed E-state index contributed by atoms with van der Waals surface area (Å²) in [5, 5.41) is 4.61. The molecule has 104 valence electrons. The number of carbonyl (C=O) groups is 2. The van der Waals surface area contributed by atoms with Gasteiger partial charge in [-0.1, -0.05) is 17.7 Å². The Kier molecular flexibility index (Phi) is 4.26. The van der Waals surface area contributed by atoms with Crippen molar-refractivity contribution in [3.05, 3.63) is 45.1 Å². The molecule has 2 rings (SSSR count). The molecule has 1 aromatic carbocycles. The number of anilines is 2. The minimum absolute atomic E-state index is 0.196. The van der Waals surface area contributed by atoms with Crippen LogP contribution in [0.4, 0.5) is 11.4 Å². The van der Waals surface area contributed by atoms with Gasteiger partial charge >= 0.3 is 5.97 Å². The van der Waals surface area contributed by atoms with Crippen molar-refractivity contribution in [3.8, 4) is 0 Å². The molecule has 0 radical (unpaired) electrons. The van der Waals surface area contributed by atoms with Crippen LogP contribution in [0.2, 0.25) is 5.02 Å². The summed E-state index contributed by atoms with van der Waals surface area (Å²) in [6.07, 6.45) is 0. The van der Waals surface area contributed by atoms with Gasteiger partial charge < -0.3 is 15.8 Å². The predicted molar refractivity (Wildman–Crippen MR) is 79.5 cm³/mol. The molecule has 20 heavy (non-hydrogen) atoms. The Bertz CT molecular complexity index is 669. The van der Waals surface area contributed by atoms with Crippen molar-refractivity contribution in [2.24, 2.45) is 0 Å². The first kappa shape index (κ1) is 14.4. The molecule has 0 fully saturated rings. The maximum Gasteiger partial charge on any atom is 0.350 e. The smallest absolute Gasteiger partial charge is 0.350 e.